The molecule has 0 aromatic carbocycles. The first-order chi connectivity index (χ1) is 8.26. The second-order valence-corrected chi connectivity index (χ2v) is 4.35. The van der Waals surface area contributed by atoms with Crippen molar-refractivity contribution in [2.45, 2.75) is 13.3 Å². The first-order valence-corrected chi connectivity index (χ1v) is 6.16. The summed E-state index contributed by atoms with van der Waals surface area (Å²) in [4.78, 5) is 10.8. The van der Waals surface area contributed by atoms with Crippen molar-refractivity contribution in [1.82, 2.24) is 14.4 Å². The van der Waals surface area contributed by atoms with Gasteiger partial charge < -0.3 is 9.30 Å². The lowest BCUT2D eigenvalue weighted by molar-refractivity contribution is 0.806. The highest BCUT2D eigenvalue weighted by molar-refractivity contribution is 9.10. The molecule has 0 saturated carbocycles. The van der Waals surface area contributed by atoms with Crippen LogP contribution in [0.1, 0.15) is 13.3 Å². The summed E-state index contributed by atoms with van der Waals surface area (Å²) in [5.74, 6) is 0.808. The van der Waals surface area contributed by atoms with E-state index >= 15 is 0 Å². The summed E-state index contributed by atoms with van der Waals surface area (Å²) in [5.41, 5.74) is 0.813. The van der Waals surface area contributed by atoms with Crippen molar-refractivity contribution in [2.24, 2.45) is 0 Å². The van der Waals surface area contributed by atoms with Crippen molar-refractivity contribution < 1.29 is 0 Å². The summed E-state index contributed by atoms with van der Waals surface area (Å²) >= 11 is 3.38. The highest BCUT2D eigenvalue weighted by Gasteiger charge is 2.12. The lowest BCUT2D eigenvalue weighted by Gasteiger charge is -2.21. The molecule has 0 atom stereocenters. The van der Waals surface area contributed by atoms with Gasteiger partial charge in [-0.2, -0.15) is 5.26 Å². The molecule has 0 unspecified atom stereocenters. The van der Waals surface area contributed by atoms with Gasteiger partial charge in [0.25, 0.3) is 0 Å². The minimum Gasteiger partial charge on any atom is -0.353 e. The fraction of sp³-hybridized carbons (Fsp3) is 0.364. The van der Waals surface area contributed by atoms with E-state index in [1.54, 1.807) is 6.20 Å². The van der Waals surface area contributed by atoms with Crippen molar-refractivity contribution in [2.75, 3.05) is 18.0 Å². The van der Waals surface area contributed by atoms with E-state index in [0.717, 1.165) is 22.6 Å². The van der Waals surface area contributed by atoms with Crippen molar-refractivity contribution in [3.05, 3.63) is 23.2 Å². The van der Waals surface area contributed by atoms with E-state index in [1.165, 1.54) is 0 Å². The molecular formula is C11H12BrN5. The van der Waals surface area contributed by atoms with Crippen molar-refractivity contribution >= 4 is 27.4 Å². The molecule has 0 fully saturated rings. The van der Waals surface area contributed by atoms with Gasteiger partial charge in [0.15, 0.2) is 11.5 Å². The van der Waals surface area contributed by atoms with Crippen LogP contribution in [0.5, 0.6) is 0 Å². The zero-order valence-corrected chi connectivity index (χ0v) is 11.1. The zero-order chi connectivity index (χ0) is 12.3. The highest BCUT2D eigenvalue weighted by Crippen LogP contribution is 2.20. The molecule has 2 heterocycles. The van der Waals surface area contributed by atoms with Gasteiger partial charge in [-0.05, 0) is 22.9 Å². The number of aromatic nitrogens is 3. The number of imidazole rings is 1. The van der Waals surface area contributed by atoms with E-state index in [2.05, 4.69) is 36.9 Å². The fourth-order valence-corrected chi connectivity index (χ4v) is 2.08. The SMILES string of the molecule is CCN(CCC#N)c1nc(Br)cn2ccnc12. The van der Waals surface area contributed by atoms with Crippen LogP contribution >= 0.6 is 15.9 Å². The molecular weight excluding hydrogens is 282 g/mol. The lowest BCUT2D eigenvalue weighted by atomic mass is 10.4. The maximum Gasteiger partial charge on any atom is 0.180 e. The van der Waals surface area contributed by atoms with Gasteiger partial charge in [-0.25, -0.2) is 9.97 Å². The highest BCUT2D eigenvalue weighted by atomic mass is 79.9. The van der Waals surface area contributed by atoms with Crippen LogP contribution in [0, 0.1) is 11.3 Å². The van der Waals surface area contributed by atoms with E-state index in [9.17, 15) is 0 Å². The third-order valence-electron chi connectivity index (χ3n) is 2.50. The molecule has 0 amide bonds. The lowest BCUT2D eigenvalue weighted by Crippen LogP contribution is -2.25. The molecule has 0 aliphatic rings. The van der Waals surface area contributed by atoms with Gasteiger partial charge in [-0.15, -0.1) is 0 Å². The maximum absolute atomic E-state index is 8.66. The number of hydrogen-bond acceptors (Lipinski definition) is 4. The number of fused-ring (bicyclic) bond motifs is 1. The number of nitriles is 1. The zero-order valence-electron chi connectivity index (χ0n) is 9.47. The summed E-state index contributed by atoms with van der Waals surface area (Å²) in [6.45, 7) is 3.51. The van der Waals surface area contributed by atoms with Crippen LogP contribution < -0.4 is 4.90 Å². The first-order valence-electron chi connectivity index (χ1n) is 5.37. The van der Waals surface area contributed by atoms with Gasteiger partial charge >= 0.3 is 0 Å². The molecule has 0 aliphatic carbocycles. The smallest absolute Gasteiger partial charge is 0.180 e. The predicted octanol–water partition coefficient (Wildman–Crippen LogP) is 2.23. The Hall–Kier alpha value is -1.61. The number of rotatable bonds is 4. The molecule has 2 aromatic rings. The molecule has 6 heteroatoms. The molecule has 0 saturated heterocycles. The first kappa shape index (κ1) is 11.9. The number of nitrogens with zero attached hydrogens (tertiary/aromatic N) is 5. The standard InChI is InChI=1S/C11H12BrN5/c1-2-16(6-3-4-13)11-10-14-5-7-17(10)8-9(12)15-11/h5,7-8H,2-3,6H2,1H3. The Labute approximate surface area is 108 Å². The monoisotopic (exact) mass is 293 g/mol. The number of halogens is 1. The Morgan fingerprint density at radius 3 is 3.12 bits per heavy atom. The molecule has 88 valence electrons. The van der Waals surface area contributed by atoms with Gasteiger partial charge in [0.2, 0.25) is 0 Å². The topological polar surface area (TPSA) is 57.2 Å². The molecule has 17 heavy (non-hydrogen) atoms. The minimum atomic E-state index is 0.481. The summed E-state index contributed by atoms with van der Waals surface area (Å²) in [6.07, 6.45) is 5.97. The molecule has 0 aliphatic heterocycles. The van der Waals surface area contributed by atoms with Crippen LogP contribution in [0.4, 0.5) is 5.82 Å². The van der Waals surface area contributed by atoms with E-state index in [0.29, 0.717) is 13.0 Å². The Morgan fingerprint density at radius 2 is 2.41 bits per heavy atom. The second kappa shape index (κ2) is 5.15. The van der Waals surface area contributed by atoms with Crippen LogP contribution in [-0.2, 0) is 0 Å². The predicted molar refractivity (Wildman–Crippen MR) is 68.8 cm³/mol. The van der Waals surface area contributed by atoms with Crippen LogP contribution in [0.3, 0.4) is 0 Å². The maximum atomic E-state index is 8.66. The largest absolute Gasteiger partial charge is 0.353 e. The van der Waals surface area contributed by atoms with Crippen LogP contribution in [-0.4, -0.2) is 27.5 Å². The quantitative estimate of drug-likeness (QED) is 0.867. The summed E-state index contributed by atoms with van der Waals surface area (Å²) in [5, 5.41) is 8.66. The average Bonchev–Trinajstić information content (AvgIpc) is 2.77. The third-order valence-corrected chi connectivity index (χ3v) is 2.88. The van der Waals surface area contributed by atoms with Crippen molar-refractivity contribution in [3.8, 4) is 6.07 Å². The normalized spacial score (nSPS) is 10.4. The van der Waals surface area contributed by atoms with E-state index in [1.807, 2.05) is 23.7 Å². The summed E-state index contributed by atoms with van der Waals surface area (Å²) < 4.78 is 2.68. The van der Waals surface area contributed by atoms with Gasteiger partial charge in [0.05, 0.1) is 12.5 Å². The second-order valence-electron chi connectivity index (χ2n) is 3.53. The van der Waals surface area contributed by atoms with Gasteiger partial charge in [-0.1, -0.05) is 0 Å². The Morgan fingerprint density at radius 1 is 1.59 bits per heavy atom. The van der Waals surface area contributed by atoms with Gasteiger partial charge in [-0.3, -0.25) is 0 Å². The van der Waals surface area contributed by atoms with E-state index in [-0.39, 0.29) is 0 Å². The van der Waals surface area contributed by atoms with E-state index < -0.39 is 0 Å². The average molecular weight is 294 g/mol. The molecule has 0 N–H and O–H groups in total. The van der Waals surface area contributed by atoms with Crippen LogP contribution in [0.15, 0.2) is 23.2 Å². The van der Waals surface area contributed by atoms with Gasteiger partial charge in [0.1, 0.15) is 4.60 Å². The molecule has 2 rings (SSSR count). The number of hydrogen-bond donors (Lipinski definition) is 0. The molecule has 0 radical (unpaired) electrons. The van der Waals surface area contributed by atoms with Crippen LogP contribution in [0.25, 0.3) is 5.65 Å². The van der Waals surface area contributed by atoms with Crippen LogP contribution in [0.2, 0.25) is 0 Å². The summed E-state index contributed by atoms with van der Waals surface area (Å²) in [6, 6.07) is 2.15. The summed E-state index contributed by atoms with van der Waals surface area (Å²) in [7, 11) is 0. The molecule has 2 aromatic heterocycles. The minimum absolute atomic E-state index is 0.481. The Kier molecular flexibility index (Phi) is 3.59. The van der Waals surface area contributed by atoms with Gasteiger partial charge in [0, 0.05) is 31.7 Å². The fourth-order valence-electron chi connectivity index (χ4n) is 1.70. The van der Waals surface area contributed by atoms with Crippen molar-refractivity contribution in [1.29, 1.82) is 5.26 Å². The molecule has 5 nitrogen and oxygen atoms in total. The Balaban J connectivity index is 2.44. The Bertz CT molecular complexity index is 556. The van der Waals surface area contributed by atoms with E-state index in [4.69, 9.17) is 5.26 Å². The third kappa shape index (κ3) is 2.39. The molecule has 0 bridgehead atoms. The van der Waals surface area contributed by atoms with Crippen molar-refractivity contribution in [3.63, 3.8) is 0 Å². The number of anilines is 1. The molecule has 0 spiro atoms.